The SMILES string of the molecule is N#CCOC(=O)C[C@H](NC(N)=O)c1ccccc1. The van der Waals surface area contributed by atoms with Gasteiger partial charge in [0.25, 0.3) is 0 Å². The normalized spacial score (nSPS) is 11.1. The number of nitriles is 1. The molecule has 0 unspecified atom stereocenters. The van der Waals surface area contributed by atoms with Crippen LogP contribution in [0.2, 0.25) is 0 Å². The van der Waals surface area contributed by atoms with E-state index >= 15 is 0 Å². The van der Waals surface area contributed by atoms with E-state index in [1.165, 1.54) is 0 Å². The molecule has 94 valence electrons. The van der Waals surface area contributed by atoms with Crippen LogP contribution in [-0.2, 0) is 9.53 Å². The van der Waals surface area contributed by atoms with Crippen molar-refractivity contribution >= 4 is 12.0 Å². The Bertz CT molecular complexity index is 453. The second kappa shape index (κ2) is 6.91. The maximum atomic E-state index is 11.4. The number of esters is 1. The Morgan fingerprint density at radius 3 is 2.61 bits per heavy atom. The minimum atomic E-state index is -0.725. The maximum Gasteiger partial charge on any atom is 0.312 e. The van der Waals surface area contributed by atoms with Crippen LogP contribution in [0.5, 0.6) is 0 Å². The summed E-state index contributed by atoms with van der Waals surface area (Å²) in [6, 6.07) is 9.32. The predicted molar refractivity (Wildman–Crippen MR) is 63.1 cm³/mol. The molecule has 0 saturated carbocycles. The van der Waals surface area contributed by atoms with Gasteiger partial charge in [0.05, 0.1) is 12.5 Å². The summed E-state index contributed by atoms with van der Waals surface area (Å²) >= 11 is 0. The van der Waals surface area contributed by atoms with Crippen molar-refractivity contribution in [1.82, 2.24) is 5.32 Å². The highest BCUT2D eigenvalue weighted by atomic mass is 16.5. The van der Waals surface area contributed by atoms with E-state index in [1.807, 2.05) is 6.07 Å². The van der Waals surface area contributed by atoms with Crippen LogP contribution < -0.4 is 11.1 Å². The Morgan fingerprint density at radius 2 is 2.06 bits per heavy atom. The van der Waals surface area contributed by atoms with Crippen LogP contribution in [0.1, 0.15) is 18.0 Å². The average Bonchev–Trinajstić information content (AvgIpc) is 2.36. The fourth-order valence-corrected chi connectivity index (χ4v) is 1.45. The molecule has 0 saturated heterocycles. The summed E-state index contributed by atoms with van der Waals surface area (Å²) in [5.74, 6) is -0.570. The van der Waals surface area contributed by atoms with Crippen LogP contribution in [0.25, 0.3) is 0 Å². The van der Waals surface area contributed by atoms with E-state index in [0.29, 0.717) is 0 Å². The van der Waals surface area contributed by atoms with Crippen LogP contribution in [0.3, 0.4) is 0 Å². The van der Waals surface area contributed by atoms with E-state index in [1.54, 1.807) is 30.3 Å². The van der Waals surface area contributed by atoms with E-state index in [0.717, 1.165) is 5.56 Å². The van der Waals surface area contributed by atoms with E-state index in [2.05, 4.69) is 10.1 Å². The summed E-state index contributed by atoms with van der Waals surface area (Å²) in [6.07, 6.45) is -0.0748. The number of primary amides is 1. The van der Waals surface area contributed by atoms with Gasteiger partial charge in [-0.2, -0.15) is 5.26 Å². The van der Waals surface area contributed by atoms with Gasteiger partial charge < -0.3 is 15.8 Å². The third kappa shape index (κ3) is 4.53. The van der Waals surface area contributed by atoms with Crippen molar-refractivity contribution in [2.45, 2.75) is 12.5 Å². The molecule has 1 aromatic rings. The van der Waals surface area contributed by atoms with Gasteiger partial charge in [-0.3, -0.25) is 4.79 Å². The molecule has 1 atom stereocenters. The second-order valence-corrected chi connectivity index (χ2v) is 3.49. The summed E-state index contributed by atoms with van der Waals surface area (Å²) in [4.78, 5) is 22.3. The Kier molecular flexibility index (Phi) is 5.19. The zero-order valence-corrected chi connectivity index (χ0v) is 9.63. The number of ether oxygens (including phenoxy) is 1. The molecule has 0 aliphatic carbocycles. The molecule has 6 nitrogen and oxygen atoms in total. The minimum Gasteiger partial charge on any atom is -0.450 e. The molecule has 1 aromatic carbocycles. The molecule has 6 heteroatoms. The molecule has 0 bridgehead atoms. The third-order valence-electron chi connectivity index (χ3n) is 2.19. The Labute approximate surface area is 104 Å². The Balaban J connectivity index is 2.71. The lowest BCUT2D eigenvalue weighted by Crippen LogP contribution is -2.34. The highest BCUT2D eigenvalue weighted by molar-refractivity contribution is 5.75. The lowest BCUT2D eigenvalue weighted by atomic mass is 10.0. The van der Waals surface area contributed by atoms with Crippen molar-refractivity contribution in [2.24, 2.45) is 5.73 Å². The predicted octanol–water partition coefficient (Wildman–Crippen LogP) is 0.853. The molecule has 18 heavy (non-hydrogen) atoms. The molecule has 0 heterocycles. The molecular weight excluding hydrogens is 234 g/mol. The summed E-state index contributed by atoms with van der Waals surface area (Å²) in [5, 5.41) is 10.8. The van der Waals surface area contributed by atoms with Gasteiger partial charge in [-0.15, -0.1) is 0 Å². The monoisotopic (exact) mass is 247 g/mol. The number of rotatable bonds is 5. The smallest absolute Gasteiger partial charge is 0.312 e. The number of carbonyl (C=O) groups excluding carboxylic acids is 2. The lowest BCUT2D eigenvalue weighted by molar-refractivity contribution is -0.142. The first-order valence-electron chi connectivity index (χ1n) is 5.27. The number of benzene rings is 1. The van der Waals surface area contributed by atoms with Crippen molar-refractivity contribution in [3.8, 4) is 6.07 Å². The lowest BCUT2D eigenvalue weighted by Gasteiger charge is -2.16. The van der Waals surface area contributed by atoms with E-state index in [4.69, 9.17) is 11.0 Å². The summed E-state index contributed by atoms with van der Waals surface area (Å²) in [6.45, 7) is -0.309. The zero-order valence-electron chi connectivity index (χ0n) is 9.63. The van der Waals surface area contributed by atoms with Gasteiger partial charge in [0.15, 0.2) is 6.61 Å². The number of hydrogen-bond donors (Lipinski definition) is 2. The zero-order chi connectivity index (χ0) is 13.4. The van der Waals surface area contributed by atoms with Gasteiger partial charge >= 0.3 is 12.0 Å². The number of urea groups is 1. The van der Waals surface area contributed by atoms with Gasteiger partial charge in [0, 0.05) is 0 Å². The molecule has 0 spiro atoms. The van der Waals surface area contributed by atoms with Gasteiger partial charge in [-0.25, -0.2) is 4.79 Å². The molecule has 1 rings (SSSR count). The molecule has 0 aromatic heterocycles. The molecule has 3 N–H and O–H groups in total. The van der Waals surface area contributed by atoms with Crippen LogP contribution in [0.15, 0.2) is 30.3 Å². The minimum absolute atomic E-state index is 0.0748. The quantitative estimate of drug-likeness (QED) is 0.752. The second-order valence-electron chi connectivity index (χ2n) is 3.49. The first-order chi connectivity index (χ1) is 8.63. The third-order valence-corrected chi connectivity index (χ3v) is 2.19. The van der Waals surface area contributed by atoms with Gasteiger partial charge in [-0.1, -0.05) is 30.3 Å². The van der Waals surface area contributed by atoms with E-state index < -0.39 is 18.0 Å². The number of nitrogens with zero attached hydrogens (tertiary/aromatic N) is 1. The average molecular weight is 247 g/mol. The largest absolute Gasteiger partial charge is 0.450 e. The topological polar surface area (TPSA) is 105 Å². The van der Waals surface area contributed by atoms with Gasteiger partial charge in [-0.05, 0) is 5.56 Å². The molecule has 0 radical (unpaired) electrons. The summed E-state index contributed by atoms with van der Waals surface area (Å²) < 4.78 is 4.63. The number of nitrogens with one attached hydrogen (secondary N) is 1. The molecule has 0 fully saturated rings. The van der Waals surface area contributed by atoms with Crippen LogP contribution >= 0.6 is 0 Å². The molecule has 2 amide bonds. The Morgan fingerprint density at radius 1 is 1.39 bits per heavy atom. The van der Waals surface area contributed by atoms with Gasteiger partial charge in [0.1, 0.15) is 6.07 Å². The van der Waals surface area contributed by atoms with Crippen molar-refractivity contribution in [3.05, 3.63) is 35.9 Å². The maximum absolute atomic E-state index is 11.4. The van der Waals surface area contributed by atoms with E-state index in [9.17, 15) is 9.59 Å². The summed E-state index contributed by atoms with van der Waals surface area (Å²) in [7, 11) is 0. The fraction of sp³-hybridized carbons (Fsp3) is 0.250. The summed E-state index contributed by atoms with van der Waals surface area (Å²) in [5.41, 5.74) is 5.79. The number of carbonyl (C=O) groups is 2. The van der Waals surface area contributed by atoms with Crippen molar-refractivity contribution in [1.29, 1.82) is 5.26 Å². The van der Waals surface area contributed by atoms with Crippen molar-refractivity contribution in [2.75, 3.05) is 6.61 Å². The van der Waals surface area contributed by atoms with Gasteiger partial charge in [0.2, 0.25) is 0 Å². The number of nitrogens with two attached hydrogens (primary N) is 1. The Hall–Kier alpha value is -2.55. The highest BCUT2D eigenvalue weighted by Gasteiger charge is 2.17. The molecule has 0 aliphatic heterocycles. The van der Waals surface area contributed by atoms with Crippen molar-refractivity contribution in [3.63, 3.8) is 0 Å². The fourth-order valence-electron chi connectivity index (χ4n) is 1.45. The molecule has 0 aliphatic rings. The first-order valence-corrected chi connectivity index (χ1v) is 5.27. The first kappa shape index (κ1) is 13.5. The number of hydrogen-bond acceptors (Lipinski definition) is 4. The van der Waals surface area contributed by atoms with Crippen molar-refractivity contribution < 1.29 is 14.3 Å². The molecular formula is C12H13N3O3. The van der Waals surface area contributed by atoms with Crippen LogP contribution in [-0.4, -0.2) is 18.6 Å². The highest BCUT2D eigenvalue weighted by Crippen LogP contribution is 2.16. The number of amides is 2. The van der Waals surface area contributed by atoms with Crippen LogP contribution in [0.4, 0.5) is 4.79 Å². The standard InChI is InChI=1S/C12H13N3O3/c13-6-7-18-11(16)8-10(15-12(14)17)9-4-2-1-3-5-9/h1-5,10H,7-8H2,(H3,14,15,17)/t10-/m0/s1. The van der Waals surface area contributed by atoms with Crippen LogP contribution in [0, 0.1) is 11.3 Å². The van der Waals surface area contributed by atoms with E-state index in [-0.39, 0.29) is 13.0 Å².